The number of aromatic nitrogens is 4. The maximum absolute atomic E-state index is 12.6. The molecule has 2 aromatic rings. The van der Waals surface area contributed by atoms with Crippen LogP contribution in [0.15, 0.2) is 18.2 Å². The summed E-state index contributed by atoms with van der Waals surface area (Å²) in [6.07, 6.45) is -3.53. The first-order chi connectivity index (χ1) is 10.4. The minimum absolute atomic E-state index is 0.0383. The van der Waals surface area contributed by atoms with Crippen LogP contribution in [-0.4, -0.2) is 33.1 Å². The molecule has 0 aliphatic heterocycles. The Hall–Kier alpha value is -2.16. The van der Waals surface area contributed by atoms with Gasteiger partial charge in [0.2, 0.25) is 0 Å². The number of tetrazole rings is 1. The lowest BCUT2D eigenvalue weighted by molar-refractivity contribution is -0.137. The van der Waals surface area contributed by atoms with Crippen molar-refractivity contribution in [1.82, 2.24) is 25.9 Å². The van der Waals surface area contributed by atoms with Gasteiger partial charge in [0.05, 0.1) is 16.1 Å². The van der Waals surface area contributed by atoms with Crippen LogP contribution in [0, 0.1) is 0 Å². The number of aryl methyl sites for hydroxylation is 1. The van der Waals surface area contributed by atoms with Crippen LogP contribution in [0.1, 0.15) is 28.2 Å². The van der Waals surface area contributed by atoms with Crippen LogP contribution in [0.25, 0.3) is 0 Å². The Morgan fingerprint density at radius 1 is 1.36 bits per heavy atom. The van der Waals surface area contributed by atoms with Gasteiger partial charge in [-0.3, -0.25) is 4.79 Å². The van der Waals surface area contributed by atoms with Gasteiger partial charge in [0.25, 0.3) is 5.91 Å². The van der Waals surface area contributed by atoms with Crippen molar-refractivity contribution in [3.8, 4) is 0 Å². The number of carbonyl (C=O) groups is 1. The predicted octanol–water partition coefficient (Wildman–Crippen LogP) is 2.23. The number of hydrogen-bond donors (Lipinski definition) is 2. The summed E-state index contributed by atoms with van der Waals surface area (Å²) in [6, 6.07) is 2.62. The molecule has 0 atom stereocenters. The maximum atomic E-state index is 12.6. The van der Waals surface area contributed by atoms with E-state index in [4.69, 9.17) is 11.6 Å². The summed E-state index contributed by atoms with van der Waals surface area (Å²) in [7, 11) is 0. The van der Waals surface area contributed by atoms with E-state index in [0.717, 1.165) is 18.2 Å². The van der Waals surface area contributed by atoms with Crippen molar-refractivity contribution in [2.45, 2.75) is 19.0 Å². The molecule has 10 heteroatoms. The number of rotatable bonds is 5. The fraction of sp³-hybridized carbons (Fsp3) is 0.333. The fourth-order valence-electron chi connectivity index (χ4n) is 1.71. The lowest BCUT2D eigenvalue weighted by atomic mass is 10.1. The van der Waals surface area contributed by atoms with Crippen LogP contribution < -0.4 is 5.32 Å². The Kier molecular flexibility index (Phi) is 4.96. The summed E-state index contributed by atoms with van der Waals surface area (Å²) in [5.74, 6) is -0.171. The van der Waals surface area contributed by atoms with E-state index in [0.29, 0.717) is 18.7 Å². The zero-order valence-corrected chi connectivity index (χ0v) is 11.9. The summed E-state index contributed by atoms with van der Waals surface area (Å²) in [5, 5.41) is 15.6. The molecule has 0 fully saturated rings. The number of H-pyrrole nitrogens is 1. The lowest BCUT2D eigenvalue weighted by Crippen LogP contribution is -2.25. The van der Waals surface area contributed by atoms with Crippen molar-refractivity contribution >= 4 is 17.5 Å². The Labute approximate surface area is 128 Å². The van der Waals surface area contributed by atoms with E-state index < -0.39 is 17.6 Å². The monoisotopic (exact) mass is 333 g/mol. The van der Waals surface area contributed by atoms with Gasteiger partial charge in [0.15, 0.2) is 5.82 Å². The number of benzene rings is 1. The first kappa shape index (κ1) is 16.2. The van der Waals surface area contributed by atoms with Crippen molar-refractivity contribution < 1.29 is 18.0 Å². The second kappa shape index (κ2) is 6.73. The standard InChI is InChI=1S/C12H11ClF3N5O/c13-9-4-3-7(12(14,15)16)6-8(9)11(22)17-5-1-2-10-18-20-21-19-10/h3-4,6H,1-2,5H2,(H,17,22)(H,18,19,20,21). The van der Waals surface area contributed by atoms with Gasteiger partial charge in [0.1, 0.15) is 0 Å². The molecule has 1 amide bonds. The number of hydrogen-bond acceptors (Lipinski definition) is 4. The van der Waals surface area contributed by atoms with E-state index in [1.165, 1.54) is 0 Å². The molecule has 1 heterocycles. The van der Waals surface area contributed by atoms with Crippen molar-refractivity contribution in [3.05, 3.63) is 40.2 Å². The molecule has 0 saturated heterocycles. The van der Waals surface area contributed by atoms with Gasteiger partial charge in [0, 0.05) is 13.0 Å². The molecule has 0 aliphatic rings. The third kappa shape index (κ3) is 4.17. The molecular formula is C12H11ClF3N5O. The fourth-order valence-corrected chi connectivity index (χ4v) is 1.91. The summed E-state index contributed by atoms with van der Waals surface area (Å²) in [6.45, 7) is 0.250. The van der Waals surface area contributed by atoms with Crippen LogP contribution in [0.2, 0.25) is 5.02 Å². The van der Waals surface area contributed by atoms with E-state index in [2.05, 4.69) is 25.9 Å². The van der Waals surface area contributed by atoms with E-state index in [1.807, 2.05) is 0 Å². The minimum atomic E-state index is -4.53. The van der Waals surface area contributed by atoms with E-state index in [9.17, 15) is 18.0 Å². The Morgan fingerprint density at radius 2 is 2.14 bits per heavy atom. The minimum Gasteiger partial charge on any atom is -0.352 e. The smallest absolute Gasteiger partial charge is 0.352 e. The Morgan fingerprint density at radius 3 is 2.77 bits per heavy atom. The summed E-state index contributed by atoms with van der Waals surface area (Å²) < 4.78 is 37.9. The molecule has 6 nitrogen and oxygen atoms in total. The van der Waals surface area contributed by atoms with Crippen LogP contribution >= 0.6 is 11.6 Å². The largest absolute Gasteiger partial charge is 0.416 e. The van der Waals surface area contributed by atoms with Gasteiger partial charge in [-0.05, 0) is 24.6 Å². The molecule has 0 spiro atoms. The molecule has 0 saturated carbocycles. The Balaban J connectivity index is 1.94. The van der Waals surface area contributed by atoms with E-state index >= 15 is 0 Å². The SMILES string of the molecule is O=C(NCCCc1nn[nH]n1)c1cc(C(F)(F)F)ccc1Cl. The molecule has 2 N–H and O–H groups in total. The number of nitrogens with zero attached hydrogens (tertiary/aromatic N) is 3. The summed E-state index contributed by atoms with van der Waals surface area (Å²) >= 11 is 5.77. The molecule has 0 bridgehead atoms. The first-order valence-electron chi connectivity index (χ1n) is 6.25. The van der Waals surface area contributed by atoms with E-state index in [-0.39, 0.29) is 17.1 Å². The van der Waals surface area contributed by atoms with Crippen molar-refractivity contribution in [2.24, 2.45) is 0 Å². The van der Waals surface area contributed by atoms with Crippen LogP contribution in [0.4, 0.5) is 13.2 Å². The van der Waals surface area contributed by atoms with Gasteiger partial charge in [-0.15, -0.1) is 10.2 Å². The van der Waals surface area contributed by atoms with Crippen LogP contribution in [-0.2, 0) is 12.6 Å². The summed E-state index contributed by atoms with van der Waals surface area (Å²) in [4.78, 5) is 11.9. The number of nitrogens with one attached hydrogen (secondary N) is 2. The van der Waals surface area contributed by atoms with Gasteiger partial charge in [-0.25, -0.2) is 0 Å². The second-order valence-corrected chi connectivity index (χ2v) is 4.79. The van der Waals surface area contributed by atoms with Crippen LogP contribution in [0.5, 0.6) is 0 Å². The topological polar surface area (TPSA) is 83.6 Å². The highest BCUT2D eigenvalue weighted by Crippen LogP contribution is 2.31. The van der Waals surface area contributed by atoms with Gasteiger partial charge >= 0.3 is 6.18 Å². The second-order valence-electron chi connectivity index (χ2n) is 4.38. The molecule has 0 aliphatic carbocycles. The number of carbonyl (C=O) groups excluding carboxylic acids is 1. The van der Waals surface area contributed by atoms with Gasteiger partial charge in [-0.2, -0.15) is 18.4 Å². The number of aromatic amines is 1. The van der Waals surface area contributed by atoms with Crippen molar-refractivity contribution in [2.75, 3.05) is 6.54 Å². The van der Waals surface area contributed by atoms with Crippen LogP contribution in [0.3, 0.4) is 0 Å². The third-order valence-corrected chi connectivity index (χ3v) is 3.12. The molecule has 118 valence electrons. The highest BCUT2D eigenvalue weighted by atomic mass is 35.5. The highest BCUT2D eigenvalue weighted by molar-refractivity contribution is 6.33. The number of alkyl halides is 3. The van der Waals surface area contributed by atoms with Crippen molar-refractivity contribution in [3.63, 3.8) is 0 Å². The lowest BCUT2D eigenvalue weighted by Gasteiger charge is -2.10. The van der Waals surface area contributed by atoms with Crippen molar-refractivity contribution in [1.29, 1.82) is 0 Å². The van der Waals surface area contributed by atoms with Gasteiger partial charge in [-0.1, -0.05) is 16.8 Å². The molecule has 2 rings (SSSR count). The predicted molar refractivity (Wildman–Crippen MR) is 71.3 cm³/mol. The summed E-state index contributed by atoms with van der Waals surface area (Å²) in [5.41, 5.74) is -1.13. The van der Waals surface area contributed by atoms with Gasteiger partial charge < -0.3 is 5.32 Å². The third-order valence-electron chi connectivity index (χ3n) is 2.79. The first-order valence-corrected chi connectivity index (χ1v) is 6.63. The number of halogens is 4. The molecule has 1 aromatic heterocycles. The number of amides is 1. The zero-order chi connectivity index (χ0) is 16.2. The normalized spacial score (nSPS) is 11.5. The molecular weight excluding hydrogens is 323 g/mol. The average molecular weight is 334 g/mol. The van der Waals surface area contributed by atoms with E-state index in [1.54, 1.807) is 0 Å². The highest BCUT2D eigenvalue weighted by Gasteiger charge is 2.31. The molecule has 1 aromatic carbocycles. The maximum Gasteiger partial charge on any atom is 0.416 e. The molecule has 22 heavy (non-hydrogen) atoms. The average Bonchev–Trinajstić information content (AvgIpc) is 2.95. The molecule has 0 unspecified atom stereocenters. The molecule has 0 radical (unpaired) electrons. The zero-order valence-electron chi connectivity index (χ0n) is 11.1. The quantitative estimate of drug-likeness (QED) is 0.822. The Bertz CT molecular complexity index is 645.